The molecule has 0 saturated heterocycles. The van der Waals surface area contributed by atoms with Gasteiger partial charge in [-0.05, 0) is 79.4 Å². The summed E-state index contributed by atoms with van der Waals surface area (Å²) < 4.78 is 0. The second kappa shape index (κ2) is 6.46. The third-order valence-electron chi connectivity index (χ3n) is 3.75. The summed E-state index contributed by atoms with van der Waals surface area (Å²) in [5, 5.41) is 7.83. The Bertz CT molecular complexity index is 652. The van der Waals surface area contributed by atoms with Crippen LogP contribution < -0.4 is 10.6 Å². The number of thiocarbonyl (C=S) groups is 1. The Hall–Kier alpha value is -1.58. The molecule has 2 nitrogen and oxygen atoms in total. The summed E-state index contributed by atoms with van der Waals surface area (Å²) in [7, 11) is 0. The summed E-state index contributed by atoms with van der Waals surface area (Å²) >= 11 is 11.3. The van der Waals surface area contributed by atoms with Gasteiger partial charge in [-0.2, -0.15) is 0 Å². The van der Waals surface area contributed by atoms with Crippen LogP contribution in [-0.4, -0.2) is 5.11 Å². The lowest BCUT2D eigenvalue weighted by Gasteiger charge is -2.20. The Morgan fingerprint density at radius 1 is 0.952 bits per heavy atom. The molecular formula is C17H17ClN2S. The Kier molecular flexibility index (Phi) is 4.42. The van der Waals surface area contributed by atoms with Crippen molar-refractivity contribution in [2.75, 3.05) is 10.6 Å². The van der Waals surface area contributed by atoms with Gasteiger partial charge in [-0.1, -0.05) is 23.7 Å². The van der Waals surface area contributed by atoms with E-state index in [1.165, 1.54) is 30.4 Å². The molecule has 2 aromatic carbocycles. The minimum atomic E-state index is 0.608. The van der Waals surface area contributed by atoms with Gasteiger partial charge in [0.2, 0.25) is 0 Å². The molecule has 3 rings (SSSR count). The monoisotopic (exact) mass is 316 g/mol. The van der Waals surface area contributed by atoms with Crippen LogP contribution >= 0.6 is 23.8 Å². The van der Waals surface area contributed by atoms with Crippen LogP contribution in [0.5, 0.6) is 0 Å². The molecular weight excluding hydrogens is 300 g/mol. The highest BCUT2D eigenvalue weighted by atomic mass is 35.5. The van der Waals surface area contributed by atoms with Crippen LogP contribution in [0.4, 0.5) is 11.4 Å². The Morgan fingerprint density at radius 2 is 1.71 bits per heavy atom. The van der Waals surface area contributed by atoms with Gasteiger partial charge < -0.3 is 10.6 Å². The van der Waals surface area contributed by atoms with Crippen molar-refractivity contribution in [1.29, 1.82) is 0 Å². The van der Waals surface area contributed by atoms with Gasteiger partial charge in [0, 0.05) is 16.4 Å². The van der Waals surface area contributed by atoms with E-state index >= 15 is 0 Å². The highest BCUT2D eigenvalue weighted by Gasteiger charge is 2.13. The predicted molar refractivity (Wildman–Crippen MR) is 94.4 cm³/mol. The Morgan fingerprint density at radius 3 is 2.52 bits per heavy atom. The maximum absolute atomic E-state index is 5.88. The fraction of sp³-hybridized carbons (Fsp3) is 0.235. The van der Waals surface area contributed by atoms with Gasteiger partial charge in [-0.25, -0.2) is 0 Å². The van der Waals surface area contributed by atoms with Crippen molar-refractivity contribution in [1.82, 2.24) is 0 Å². The number of hydrogen-bond donors (Lipinski definition) is 2. The minimum absolute atomic E-state index is 0.608. The molecule has 0 amide bonds. The van der Waals surface area contributed by atoms with Crippen molar-refractivity contribution >= 4 is 40.3 Å². The molecule has 108 valence electrons. The van der Waals surface area contributed by atoms with Crippen LogP contribution in [0.2, 0.25) is 5.02 Å². The van der Waals surface area contributed by atoms with Gasteiger partial charge in [-0.3, -0.25) is 0 Å². The summed E-state index contributed by atoms with van der Waals surface area (Å²) in [4.78, 5) is 0. The topological polar surface area (TPSA) is 24.1 Å². The number of aryl methyl sites for hydroxylation is 1. The highest BCUT2D eigenvalue weighted by Crippen LogP contribution is 2.28. The van der Waals surface area contributed by atoms with E-state index in [4.69, 9.17) is 23.8 Å². The van der Waals surface area contributed by atoms with E-state index in [-0.39, 0.29) is 0 Å². The zero-order chi connectivity index (χ0) is 14.7. The average molecular weight is 317 g/mol. The van der Waals surface area contributed by atoms with Gasteiger partial charge in [0.15, 0.2) is 5.11 Å². The van der Waals surface area contributed by atoms with Crippen molar-refractivity contribution in [2.24, 2.45) is 0 Å². The number of benzene rings is 2. The standard InChI is InChI=1S/C17H17ClN2S/c18-13-8-10-14(11-9-13)19-17(21)20-16-7-3-5-12-4-1-2-6-15(12)16/h3,5,7-11H,1-2,4,6H2,(H2,19,20,21). The number of hydrogen-bond acceptors (Lipinski definition) is 1. The number of fused-ring (bicyclic) bond motifs is 1. The van der Waals surface area contributed by atoms with E-state index in [0.29, 0.717) is 5.11 Å². The fourth-order valence-corrected chi connectivity index (χ4v) is 3.07. The summed E-state index contributed by atoms with van der Waals surface area (Å²) in [5.74, 6) is 0. The molecule has 0 unspecified atom stereocenters. The molecule has 0 atom stereocenters. The van der Waals surface area contributed by atoms with E-state index in [9.17, 15) is 0 Å². The van der Waals surface area contributed by atoms with E-state index in [1.54, 1.807) is 0 Å². The third-order valence-corrected chi connectivity index (χ3v) is 4.20. The van der Waals surface area contributed by atoms with Crippen LogP contribution in [0.3, 0.4) is 0 Å². The molecule has 0 radical (unpaired) electrons. The summed E-state index contributed by atoms with van der Waals surface area (Å²) in [5.41, 5.74) is 4.91. The molecule has 2 aromatic rings. The van der Waals surface area contributed by atoms with Crippen LogP contribution in [0.25, 0.3) is 0 Å². The first kappa shape index (κ1) is 14.4. The van der Waals surface area contributed by atoms with Crippen LogP contribution in [0.15, 0.2) is 42.5 Å². The SMILES string of the molecule is S=C(Nc1ccc(Cl)cc1)Nc1cccc2c1CCCC2. The normalized spacial score (nSPS) is 13.4. The van der Waals surface area contributed by atoms with Gasteiger partial charge >= 0.3 is 0 Å². The summed E-state index contributed by atoms with van der Waals surface area (Å²) in [6, 6.07) is 13.9. The molecule has 1 aliphatic carbocycles. The molecule has 0 aliphatic heterocycles. The Balaban J connectivity index is 1.71. The molecule has 0 bridgehead atoms. The molecule has 0 heterocycles. The summed E-state index contributed by atoms with van der Waals surface area (Å²) in [6.45, 7) is 0. The molecule has 0 saturated carbocycles. The molecule has 1 aliphatic rings. The lowest BCUT2D eigenvalue weighted by molar-refractivity contribution is 0.687. The van der Waals surface area contributed by atoms with Crippen LogP contribution in [0.1, 0.15) is 24.0 Å². The van der Waals surface area contributed by atoms with Crippen molar-refractivity contribution in [3.63, 3.8) is 0 Å². The zero-order valence-corrected chi connectivity index (χ0v) is 13.2. The number of halogens is 1. The largest absolute Gasteiger partial charge is 0.332 e. The van der Waals surface area contributed by atoms with Crippen molar-refractivity contribution in [3.05, 3.63) is 58.6 Å². The second-order valence-electron chi connectivity index (χ2n) is 5.24. The first-order valence-electron chi connectivity index (χ1n) is 7.17. The summed E-state index contributed by atoms with van der Waals surface area (Å²) in [6.07, 6.45) is 4.83. The maximum atomic E-state index is 5.88. The fourth-order valence-electron chi connectivity index (χ4n) is 2.72. The van der Waals surface area contributed by atoms with E-state index < -0.39 is 0 Å². The average Bonchev–Trinajstić information content (AvgIpc) is 2.50. The molecule has 0 aromatic heterocycles. The van der Waals surface area contributed by atoms with Gasteiger partial charge in [0.25, 0.3) is 0 Å². The lowest BCUT2D eigenvalue weighted by atomic mass is 9.90. The minimum Gasteiger partial charge on any atom is -0.332 e. The van der Waals surface area contributed by atoms with Crippen molar-refractivity contribution < 1.29 is 0 Å². The highest BCUT2D eigenvalue weighted by molar-refractivity contribution is 7.80. The number of nitrogens with one attached hydrogen (secondary N) is 2. The quantitative estimate of drug-likeness (QED) is 0.760. The first-order chi connectivity index (χ1) is 10.2. The third kappa shape index (κ3) is 3.55. The number of anilines is 2. The van der Waals surface area contributed by atoms with Gasteiger partial charge in [-0.15, -0.1) is 0 Å². The molecule has 0 spiro atoms. The van der Waals surface area contributed by atoms with Gasteiger partial charge in [0.1, 0.15) is 0 Å². The first-order valence-corrected chi connectivity index (χ1v) is 7.95. The predicted octanol–water partition coefficient (Wildman–Crippen LogP) is 5.03. The van der Waals surface area contributed by atoms with Crippen molar-refractivity contribution in [3.8, 4) is 0 Å². The molecule has 0 fully saturated rings. The van der Waals surface area contributed by atoms with E-state index in [2.05, 4.69) is 28.8 Å². The molecule has 21 heavy (non-hydrogen) atoms. The Labute approximate surface area is 135 Å². The number of rotatable bonds is 2. The molecule has 4 heteroatoms. The second-order valence-corrected chi connectivity index (χ2v) is 6.08. The van der Waals surface area contributed by atoms with Crippen LogP contribution in [0, 0.1) is 0 Å². The maximum Gasteiger partial charge on any atom is 0.175 e. The molecule has 2 N–H and O–H groups in total. The zero-order valence-electron chi connectivity index (χ0n) is 11.7. The van der Waals surface area contributed by atoms with Gasteiger partial charge in [0.05, 0.1) is 0 Å². The van der Waals surface area contributed by atoms with E-state index in [0.717, 1.165) is 22.8 Å². The van der Waals surface area contributed by atoms with Crippen LogP contribution in [-0.2, 0) is 12.8 Å². The van der Waals surface area contributed by atoms with Crippen molar-refractivity contribution in [2.45, 2.75) is 25.7 Å². The smallest absolute Gasteiger partial charge is 0.175 e. The lowest BCUT2D eigenvalue weighted by Crippen LogP contribution is -2.20. The van der Waals surface area contributed by atoms with E-state index in [1.807, 2.05) is 24.3 Å².